The van der Waals surface area contributed by atoms with Crippen LogP contribution in [0.5, 0.6) is 0 Å². The Labute approximate surface area is 166 Å². The summed E-state index contributed by atoms with van der Waals surface area (Å²) in [5, 5.41) is 13.7. The van der Waals surface area contributed by atoms with E-state index >= 15 is 0 Å². The van der Waals surface area contributed by atoms with Crippen LogP contribution >= 0.6 is 23.2 Å². The first kappa shape index (κ1) is 19.2. The molecule has 138 valence electrons. The van der Waals surface area contributed by atoms with Gasteiger partial charge in [-0.1, -0.05) is 58.7 Å². The van der Waals surface area contributed by atoms with Crippen LogP contribution in [0.25, 0.3) is 0 Å². The number of benzene rings is 3. The number of anilines is 1. The van der Waals surface area contributed by atoms with Gasteiger partial charge in [0.15, 0.2) is 0 Å². The Morgan fingerprint density at radius 1 is 0.889 bits per heavy atom. The van der Waals surface area contributed by atoms with Crippen molar-refractivity contribution in [2.75, 3.05) is 4.72 Å². The Bertz CT molecular complexity index is 1080. The molecule has 3 aromatic carbocycles. The van der Waals surface area contributed by atoms with E-state index in [1.807, 2.05) is 6.07 Å². The Balaban J connectivity index is 2.06. The summed E-state index contributed by atoms with van der Waals surface area (Å²) >= 11 is 11.9. The lowest BCUT2D eigenvalue weighted by atomic mass is 10.0. The van der Waals surface area contributed by atoms with Gasteiger partial charge in [0.05, 0.1) is 10.6 Å². The number of sulfonamides is 1. The summed E-state index contributed by atoms with van der Waals surface area (Å²) in [6.45, 7) is 0. The van der Waals surface area contributed by atoms with E-state index in [1.165, 1.54) is 36.4 Å². The minimum Gasteiger partial charge on any atom is -0.410 e. The van der Waals surface area contributed by atoms with Gasteiger partial charge in [0.2, 0.25) is 0 Å². The summed E-state index contributed by atoms with van der Waals surface area (Å²) < 4.78 is 27.9. The van der Waals surface area contributed by atoms with Gasteiger partial charge in [0.1, 0.15) is 5.71 Å². The van der Waals surface area contributed by atoms with Crippen molar-refractivity contribution in [3.05, 3.63) is 94.0 Å². The molecule has 0 saturated heterocycles. The molecule has 2 N–H and O–H groups in total. The number of hydrogen-bond acceptors (Lipinski definition) is 4. The van der Waals surface area contributed by atoms with Crippen molar-refractivity contribution in [1.29, 1.82) is 0 Å². The Morgan fingerprint density at radius 2 is 1.52 bits per heavy atom. The molecule has 0 atom stereocenters. The Hall–Kier alpha value is -2.54. The minimum absolute atomic E-state index is 0.0509. The van der Waals surface area contributed by atoms with Crippen LogP contribution in [0, 0.1) is 0 Å². The fraction of sp³-hybridized carbons (Fsp3) is 0. The summed E-state index contributed by atoms with van der Waals surface area (Å²) in [4.78, 5) is 0.0509. The van der Waals surface area contributed by atoms with E-state index in [9.17, 15) is 13.6 Å². The molecule has 5 nitrogen and oxygen atoms in total. The maximum absolute atomic E-state index is 12.7. The van der Waals surface area contributed by atoms with Crippen molar-refractivity contribution in [3.63, 3.8) is 0 Å². The highest BCUT2D eigenvalue weighted by Gasteiger charge is 2.19. The molecule has 0 radical (unpaired) electrons. The summed E-state index contributed by atoms with van der Waals surface area (Å²) in [6, 6.07) is 19.2. The fourth-order valence-corrected chi connectivity index (χ4v) is 3.86. The van der Waals surface area contributed by atoms with Gasteiger partial charge < -0.3 is 5.21 Å². The van der Waals surface area contributed by atoms with E-state index in [0.717, 1.165) is 0 Å². The summed E-state index contributed by atoms with van der Waals surface area (Å²) in [5.41, 5.74) is 1.36. The smallest absolute Gasteiger partial charge is 0.261 e. The van der Waals surface area contributed by atoms with Crippen molar-refractivity contribution in [2.45, 2.75) is 4.90 Å². The minimum atomic E-state index is -3.88. The second kappa shape index (κ2) is 8.00. The topological polar surface area (TPSA) is 78.8 Å². The van der Waals surface area contributed by atoms with Gasteiger partial charge in [-0.2, -0.15) is 0 Å². The van der Waals surface area contributed by atoms with Crippen LogP contribution in [0.3, 0.4) is 0 Å². The monoisotopic (exact) mass is 420 g/mol. The average Bonchev–Trinajstić information content (AvgIpc) is 2.65. The molecule has 0 spiro atoms. The number of halogens is 2. The summed E-state index contributed by atoms with van der Waals surface area (Å²) in [7, 11) is -3.88. The molecule has 0 aromatic heterocycles. The van der Waals surface area contributed by atoms with E-state index in [0.29, 0.717) is 21.2 Å². The van der Waals surface area contributed by atoms with Crippen molar-refractivity contribution in [3.8, 4) is 0 Å². The van der Waals surface area contributed by atoms with Crippen molar-refractivity contribution in [1.82, 2.24) is 0 Å². The van der Waals surface area contributed by atoms with Gasteiger partial charge >= 0.3 is 0 Å². The molecule has 3 aromatic rings. The van der Waals surface area contributed by atoms with Gasteiger partial charge in [-0.05, 0) is 42.5 Å². The largest absolute Gasteiger partial charge is 0.410 e. The highest BCUT2D eigenvalue weighted by molar-refractivity contribution is 7.92. The number of nitrogens with one attached hydrogen (secondary N) is 1. The van der Waals surface area contributed by atoms with Crippen LogP contribution in [-0.2, 0) is 10.0 Å². The maximum Gasteiger partial charge on any atom is 0.261 e. The summed E-state index contributed by atoms with van der Waals surface area (Å²) in [5.74, 6) is 0. The molecule has 0 saturated carbocycles. The zero-order valence-corrected chi connectivity index (χ0v) is 16.1. The van der Waals surface area contributed by atoms with Crippen LogP contribution in [0.2, 0.25) is 10.0 Å². The Morgan fingerprint density at radius 3 is 2.15 bits per heavy atom. The molecule has 0 fully saturated rings. The van der Waals surface area contributed by atoms with Gasteiger partial charge in [-0.3, -0.25) is 4.72 Å². The zero-order chi connectivity index (χ0) is 19.4. The van der Waals surface area contributed by atoms with Crippen LogP contribution in [0.1, 0.15) is 11.1 Å². The van der Waals surface area contributed by atoms with Crippen LogP contribution in [0.4, 0.5) is 5.69 Å². The third-order valence-electron chi connectivity index (χ3n) is 3.75. The molecular weight excluding hydrogens is 407 g/mol. The maximum atomic E-state index is 12.7. The lowest BCUT2D eigenvalue weighted by Crippen LogP contribution is -2.16. The average molecular weight is 421 g/mol. The molecule has 0 aliphatic carbocycles. The van der Waals surface area contributed by atoms with Crippen molar-refractivity contribution < 1.29 is 13.6 Å². The second-order valence-corrected chi connectivity index (χ2v) is 8.12. The van der Waals surface area contributed by atoms with Crippen LogP contribution in [0.15, 0.2) is 82.8 Å². The molecule has 0 heterocycles. The van der Waals surface area contributed by atoms with Crippen LogP contribution in [-0.4, -0.2) is 19.3 Å². The molecule has 0 bridgehead atoms. The third-order valence-corrected chi connectivity index (χ3v) is 5.62. The number of oxime groups is 1. The molecule has 0 aliphatic rings. The molecule has 8 heteroatoms. The zero-order valence-electron chi connectivity index (χ0n) is 13.8. The molecular formula is C19H14Cl2N2O3S. The number of rotatable bonds is 5. The Kier molecular flexibility index (Phi) is 5.70. The van der Waals surface area contributed by atoms with Gasteiger partial charge in [-0.25, -0.2) is 8.42 Å². The number of nitrogens with zero attached hydrogens (tertiary/aromatic N) is 1. The SMILES string of the molecule is O=S(=O)(Nc1ccc(Cl)cc1/C(=N/O)c1ccccc1)c1ccc(Cl)cc1. The lowest BCUT2D eigenvalue weighted by Gasteiger charge is -2.14. The van der Waals surface area contributed by atoms with E-state index in [-0.39, 0.29) is 16.3 Å². The van der Waals surface area contributed by atoms with E-state index in [4.69, 9.17) is 23.2 Å². The van der Waals surface area contributed by atoms with E-state index in [2.05, 4.69) is 9.88 Å². The third kappa shape index (κ3) is 4.42. The first-order chi connectivity index (χ1) is 12.9. The predicted molar refractivity (Wildman–Crippen MR) is 108 cm³/mol. The molecule has 0 unspecified atom stereocenters. The molecule has 0 amide bonds. The quantitative estimate of drug-likeness (QED) is 0.345. The molecule has 3 rings (SSSR count). The normalized spacial score (nSPS) is 12.0. The number of hydrogen-bond donors (Lipinski definition) is 2. The predicted octanol–water partition coefficient (Wildman–Crippen LogP) is 5.02. The fourth-order valence-electron chi connectivity index (χ4n) is 2.48. The molecule has 27 heavy (non-hydrogen) atoms. The lowest BCUT2D eigenvalue weighted by molar-refractivity contribution is 0.319. The van der Waals surface area contributed by atoms with Crippen molar-refractivity contribution in [2.24, 2.45) is 5.16 Å². The first-order valence-corrected chi connectivity index (χ1v) is 10.0. The van der Waals surface area contributed by atoms with Gasteiger partial charge in [-0.15, -0.1) is 0 Å². The van der Waals surface area contributed by atoms with Gasteiger partial charge in [0.25, 0.3) is 10.0 Å². The van der Waals surface area contributed by atoms with Crippen LogP contribution < -0.4 is 4.72 Å². The second-order valence-electron chi connectivity index (χ2n) is 5.56. The van der Waals surface area contributed by atoms with Crippen molar-refractivity contribution >= 4 is 44.6 Å². The van der Waals surface area contributed by atoms with E-state index in [1.54, 1.807) is 30.3 Å². The highest BCUT2D eigenvalue weighted by atomic mass is 35.5. The highest BCUT2D eigenvalue weighted by Crippen LogP contribution is 2.27. The van der Waals surface area contributed by atoms with Gasteiger partial charge in [0, 0.05) is 21.2 Å². The standard InChI is InChI=1S/C19H14Cl2N2O3S/c20-14-6-9-16(10-7-14)27(25,26)23-18-11-8-15(21)12-17(18)19(22-24)13-4-2-1-3-5-13/h1-12,23-24H/b22-19+. The molecule has 0 aliphatic heterocycles. The first-order valence-electron chi connectivity index (χ1n) is 7.76. The summed E-state index contributed by atoms with van der Waals surface area (Å²) in [6.07, 6.45) is 0. The van der Waals surface area contributed by atoms with E-state index < -0.39 is 10.0 Å².